The number of nitrogens with zero attached hydrogens (tertiary/aromatic N) is 5. The van der Waals surface area contributed by atoms with Crippen molar-refractivity contribution < 1.29 is 0 Å². The fraction of sp³-hybridized carbons (Fsp3) is 0.594. The lowest BCUT2D eigenvalue weighted by Gasteiger charge is -2.39. The summed E-state index contributed by atoms with van der Waals surface area (Å²) in [5, 5.41) is 7.29. The van der Waals surface area contributed by atoms with E-state index in [4.69, 9.17) is 0 Å². The van der Waals surface area contributed by atoms with Gasteiger partial charge in [0.2, 0.25) is 0 Å². The monoisotopic (exact) mass is 615 g/mol. The highest BCUT2D eigenvalue weighted by Crippen LogP contribution is 2.44. The quantitative estimate of drug-likeness (QED) is 0.285. The Kier molecular flexibility index (Phi) is 14.7. The van der Waals surface area contributed by atoms with Gasteiger partial charge in [-0.15, -0.1) is 0 Å². The number of hydrogen-bond donors (Lipinski definition) is 2. The van der Waals surface area contributed by atoms with Crippen LogP contribution in [-0.4, -0.2) is 74.7 Å². The summed E-state index contributed by atoms with van der Waals surface area (Å²) in [5.74, 6) is 0.920. The van der Waals surface area contributed by atoms with Crippen LogP contribution in [0.15, 0.2) is 46.7 Å². The first-order valence-corrected chi connectivity index (χ1v) is 16.1. The number of nitrogens with one attached hydrogen (secondary N) is 2. The standard InChI is InChI=1S/C28H42BrN7.2C2H6/c1-6-9-23(35(8-3)14-7-2)20-34-15-17-36(18-16-34)26-24(29)19-30-28-25(26)31-27(32-28)21-10-12-22(13-11-21)33(4)5;2*1-2/h9-13,19,27,31H,6-8,14-18,20H2,1-5H3,(H,30,32);2*1-2H3/b23-9+;;. The molecule has 1 aromatic heterocycles. The maximum absolute atomic E-state index is 4.68. The average molecular weight is 617 g/mol. The molecule has 0 spiro atoms. The van der Waals surface area contributed by atoms with Crippen molar-refractivity contribution in [1.82, 2.24) is 14.8 Å². The summed E-state index contributed by atoms with van der Waals surface area (Å²) < 4.78 is 1.04. The van der Waals surface area contributed by atoms with Gasteiger partial charge in [0, 0.05) is 77.5 Å². The van der Waals surface area contributed by atoms with Gasteiger partial charge in [0.1, 0.15) is 11.9 Å². The highest BCUT2D eigenvalue weighted by Gasteiger charge is 2.30. The lowest BCUT2D eigenvalue weighted by atomic mass is 10.1. The average Bonchev–Trinajstić information content (AvgIpc) is 3.43. The molecule has 2 aromatic rings. The molecule has 2 N–H and O–H groups in total. The molecule has 1 fully saturated rings. The van der Waals surface area contributed by atoms with Gasteiger partial charge in [0.15, 0.2) is 5.82 Å². The zero-order chi connectivity index (χ0) is 29.7. The van der Waals surface area contributed by atoms with Crippen LogP contribution in [-0.2, 0) is 0 Å². The van der Waals surface area contributed by atoms with Gasteiger partial charge in [-0.05, 0) is 53.4 Å². The molecule has 3 heterocycles. The van der Waals surface area contributed by atoms with E-state index in [1.165, 1.54) is 29.1 Å². The van der Waals surface area contributed by atoms with Gasteiger partial charge in [-0.2, -0.15) is 0 Å². The summed E-state index contributed by atoms with van der Waals surface area (Å²) in [7, 11) is 4.13. The zero-order valence-electron chi connectivity index (χ0n) is 26.5. The van der Waals surface area contributed by atoms with Crippen molar-refractivity contribution in [2.24, 2.45) is 0 Å². The number of aromatic nitrogens is 1. The van der Waals surface area contributed by atoms with E-state index < -0.39 is 0 Å². The third-order valence-electron chi connectivity index (χ3n) is 7.11. The minimum atomic E-state index is 0.0124. The number of likely N-dealkylation sites (N-methyl/N-ethyl adjacent to an activating group) is 1. The predicted molar refractivity (Wildman–Crippen MR) is 180 cm³/mol. The summed E-state index contributed by atoms with van der Waals surface area (Å²) >= 11 is 3.80. The Hall–Kier alpha value is -2.45. The molecule has 2 aliphatic rings. The first-order valence-electron chi connectivity index (χ1n) is 15.3. The molecule has 0 aliphatic carbocycles. The van der Waals surface area contributed by atoms with Crippen molar-refractivity contribution in [3.05, 3.63) is 52.3 Å². The number of anilines is 4. The van der Waals surface area contributed by atoms with E-state index in [0.717, 1.165) is 68.2 Å². The molecule has 1 saturated heterocycles. The van der Waals surface area contributed by atoms with Crippen LogP contribution in [0.5, 0.6) is 0 Å². The molecule has 0 bridgehead atoms. The normalized spacial score (nSPS) is 16.5. The fourth-order valence-corrected chi connectivity index (χ4v) is 5.70. The van der Waals surface area contributed by atoms with Crippen molar-refractivity contribution in [1.29, 1.82) is 0 Å². The van der Waals surface area contributed by atoms with Crippen LogP contribution in [0.1, 0.15) is 73.0 Å². The highest BCUT2D eigenvalue weighted by atomic mass is 79.9. The molecule has 224 valence electrons. The van der Waals surface area contributed by atoms with E-state index in [-0.39, 0.29) is 6.17 Å². The second-order valence-electron chi connectivity index (χ2n) is 9.83. The van der Waals surface area contributed by atoms with Gasteiger partial charge in [0.25, 0.3) is 0 Å². The highest BCUT2D eigenvalue weighted by molar-refractivity contribution is 9.10. The van der Waals surface area contributed by atoms with Crippen LogP contribution in [0.4, 0.5) is 22.9 Å². The lowest BCUT2D eigenvalue weighted by Crippen LogP contribution is -2.48. The van der Waals surface area contributed by atoms with Crippen LogP contribution in [0, 0.1) is 0 Å². The predicted octanol–water partition coefficient (Wildman–Crippen LogP) is 7.65. The number of halogens is 1. The molecule has 1 unspecified atom stereocenters. The first-order chi connectivity index (χ1) is 19.4. The maximum atomic E-state index is 4.68. The van der Waals surface area contributed by atoms with Crippen LogP contribution in [0.2, 0.25) is 0 Å². The van der Waals surface area contributed by atoms with E-state index in [2.05, 4.69) is 116 Å². The molecular weight excluding hydrogens is 562 g/mol. The Labute approximate surface area is 253 Å². The Morgan fingerprint density at radius 1 is 1.00 bits per heavy atom. The Morgan fingerprint density at radius 2 is 1.65 bits per heavy atom. The van der Waals surface area contributed by atoms with Gasteiger partial charge in [-0.3, -0.25) is 4.90 Å². The third-order valence-corrected chi connectivity index (χ3v) is 7.69. The van der Waals surface area contributed by atoms with Crippen molar-refractivity contribution in [3.63, 3.8) is 0 Å². The molecule has 2 aliphatic heterocycles. The maximum Gasteiger partial charge on any atom is 0.153 e. The van der Waals surface area contributed by atoms with E-state index in [1.54, 1.807) is 0 Å². The molecule has 1 aromatic carbocycles. The van der Waals surface area contributed by atoms with Gasteiger partial charge < -0.3 is 25.3 Å². The Bertz CT molecular complexity index is 1030. The first kappa shape index (κ1) is 33.8. The molecule has 0 saturated carbocycles. The Morgan fingerprint density at radius 3 is 2.20 bits per heavy atom. The minimum Gasteiger partial charge on any atom is -0.378 e. The Balaban J connectivity index is 0.00000134. The smallest absolute Gasteiger partial charge is 0.153 e. The van der Waals surface area contributed by atoms with Crippen molar-refractivity contribution >= 4 is 38.8 Å². The van der Waals surface area contributed by atoms with Gasteiger partial charge >= 0.3 is 0 Å². The molecule has 7 nitrogen and oxygen atoms in total. The second-order valence-corrected chi connectivity index (χ2v) is 10.7. The van der Waals surface area contributed by atoms with Gasteiger partial charge in [0.05, 0.1) is 10.2 Å². The van der Waals surface area contributed by atoms with Crippen molar-refractivity contribution in [2.75, 3.05) is 80.3 Å². The van der Waals surface area contributed by atoms with E-state index in [0.29, 0.717) is 0 Å². The van der Waals surface area contributed by atoms with Crippen LogP contribution in [0.25, 0.3) is 0 Å². The molecule has 4 rings (SSSR count). The van der Waals surface area contributed by atoms with Crippen LogP contribution >= 0.6 is 15.9 Å². The van der Waals surface area contributed by atoms with Crippen molar-refractivity contribution in [2.45, 2.75) is 67.5 Å². The summed E-state index contributed by atoms with van der Waals surface area (Å²) in [6.45, 7) is 22.1. The van der Waals surface area contributed by atoms with Gasteiger partial charge in [-0.25, -0.2) is 4.98 Å². The molecule has 0 radical (unpaired) electrons. The topological polar surface area (TPSA) is 49.9 Å². The number of rotatable bonds is 10. The summed E-state index contributed by atoms with van der Waals surface area (Å²) in [5.41, 5.74) is 6.18. The molecule has 1 atom stereocenters. The molecule has 8 heteroatoms. The zero-order valence-corrected chi connectivity index (χ0v) is 28.1. The number of piperazine rings is 1. The van der Waals surface area contributed by atoms with E-state index in [9.17, 15) is 0 Å². The summed E-state index contributed by atoms with van der Waals surface area (Å²) in [4.78, 5) is 14.4. The molecular formula is C32H54BrN7. The third kappa shape index (κ3) is 8.53. The summed E-state index contributed by atoms with van der Waals surface area (Å²) in [6, 6.07) is 8.68. The molecule has 40 heavy (non-hydrogen) atoms. The number of hydrogen-bond acceptors (Lipinski definition) is 7. The van der Waals surface area contributed by atoms with E-state index in [1.807, 2.05) is 33.9 Å². The minimum absolute atomic E-state index is 0.0124. The SMILES string of the molecule is CC.CC.CC/C=C(\CN1CCN(c2c(Br)cnc3c2NC(c2ccc(N(C)C)cc2)N3)CC1)N(CC)CCC. The largest absolute Gasteiger partial charge is 0.378 e. The second kappa shape index (κ2) is 17.4. The van der Waals surface area contributed by atoms with Crippen molar-refractivity contribution in [3.8, 4) is 0 Å². The number of allylic oxidation sites excluding steroid dienone is 1. The fourth-order valence-electron chi connectivity index (χ4n) is 5.15. The summed E-state index contributed by atoms with van der Waals surface area (Å²) in [6.07, 6.45) is 6.63. The van der Waals surface area contributed by atoms with Crippen LogP contribution in [0.3, 0.4) is 0 Å². The lowest BCUT2D eigenvalue weighted by molar-refractivity contribution is 0.240. The van der Waals surface area contributed by atoms with Crippen LogP contribution < -0.4 is 20.4 Å². The number of fused-ring (bicyclic) bond motifs is 1. The number of benzene rings is 1. The van der Waals surface area contributed by atoms with Gasteiger partial charge in [-0.1, -0.05) is 59.8 Å². The van der Waals surface area contributed by atoms with E-state index >= 15 is 0 Å². The number of pyridine rings is 1. The molecule has 0 amide bonds.